The molecule has 426 valence electrons. The highest BCUT2D eigenvalue weighted by atomic mass is 16.6. The smallest absolute Gasteiger partial charge is 0.306 e. The number of ether oxygens (including phenoxy) is 3. The lowest BCUT2D eigenvalue weighted by molar-refractivity contribution is -0.167. The van der Waals surface area contributed by atoms with Crippen molar-refractivity contribution in [2.24, 2.45) is 0 Å². The van der Waals surface area contributed by atoms with E-state index in [2.05, 4.69) is 142 Å². The molecule has 0 N–H and O–H groups in total. The topological polar surface area (TPSA) is 78.9 Å². The van der Waals surface area contributed by atoms with E-state index in [9.17, 15) is 14.4 Å². The van der Waals surface area contributed by atoms with Gasteiger partial charge in [-0.15, -0.1) is 0 Å². The number of hydrogen-bond donors (Lipinski definition) is 0. The lowest BCUT2D eigenvalue weighted by Crippen LogP contribution is -2.30. The van der Waals surface area contributed by atoms with Crippen LogP contribution < -0.4 is 0 Å². The third kappa shape index (κ3) is 60.6. The van der Waals surface area contributed by atoms with E-state index in [0.717, 1.165) is 141 Å². The van der Waals surface area contributed by atoms with Crippen molar-refractivity contribution in [3.8, 4) is 0 Å². The molecule has 75 heavy (non-hydrogen) atoms. The van der Waals surface area contributed by atoms with E-state index < -0.39 is 6.10 Å². The van der Waals surface area contributed by atoms with Gasteiger partial charge in [0.1, 0.15) is 13.2 Å². The van der Waals surface area contributed by atoms with Crippen molar-refractivity contribution in [1.29, 1.82) is 0 Å². The first-order valence-electron chi connectivity index (χ1n) is 31.0. The van der Waals surface area contributed by atoms with Crippen LogP contribution in [0, 0.1) is 0 Å². The second-order valence-corrected chi connectivity index (χ2v) is 20.2. The predicted molar refractivity (Wildman–Crippen MR) is 325 cm³/mol. The molecule has 1 unspecified atom stereocenters. The molecule has 0 saturated carbocycles. The number of unbranched alkanes of at least 4 members (excludes halogenated alkanes) is 24. The normalized spacial score (nSPS) is 12.9. The van der Waals surface area contributed by atoms with Gasteiger partial charge in [0, 0.05) is 19.3 Å². The average molecular weight is 1040 g/mol. The zero-order valence-electron chi connectivity index (χ0n) is 48.8. The summed E-state index contributed by atoms with van der Waals surface area (Å²) in [4.78, 5) is 38.0. The molecule has 0 heterocycles. The lowest BCUT2D eigenvalue weighted by atomic mass is 10.1. The van der Waals surface area contributed by atoms with Gasteiger partial charge in [0.2, 0.25) is 0 Å². The summed E-state index contributed by atoms with van der Waals surface area (Å²) in [6.45, 7) is 6.46. The van der Waals surface area contributed by atoms with E-state index in [1.807, 2.05) is 0 Å². The van der Waals surface area contributed by atoms with Gasteiger partial charge in [-0.25, -0.2) is 0 Å². The molecule has 0 aliphatic carbocycles. The Hall–Kier alpha value is -4.19. The largest absolute Gasteiger partial charge is 0.462 e. The van der Waals surface area contributed by atoms with Crippen molar-refractivity contribution in [2.75, 3.05) is 13.2 Å². The molecule has 0 amide bonds. The Labute approximate surface area is 462 Å². The molecule has 0 spiro atoms. The second-order valence-electron chi connectivity index (χ2n) is 20.2. The summed E-state index contributed by atoms with van der Waals surface area (Å²) in [5.41, 5.74) is 0. The van der Waals surface area contributed by atoms with Gasteiger partial charge < -0.3 is 14.2 Å². The minimum atomic E-state index is -0.788. The van der Waals surface area contributed by atoms with Crippen LogP contribution in [-0.4, -0.2) is 37.2 Å². The Morgan fingerprint density at radius 1 is 0.280 bits per heavy atom. The predicted octanol–water partition coefficient (Wildman–Crippen LogP) is 21.2. The summed E-state index contributed by atoms with van der Waals surface area (Å²) in [5.74, 6) is -0.912. The maximum absolute atomic E-state index is 12.8. The molecule has 0 aromatic carbocycles. The third-order valence-corrected chi connectivity index (χ3v) is 13.0. The SMILES string of the molecule is CC/C=C\C/C=C\C/C=C\C/C=C\C/C=C\C/C=C\C/C=C\C/C=C\CCCCCCCCCCC(=O)OCC(COC(=O)CCCCCCCCCC)OC(=O)CCCCCCC/C=C\C/C=C\CCCCCC. The molecule has 6 heteroatoms. The quantitative estimate of drug-likeness (QED) is 0.0261. The molecular weight excluding hydrogens is 925 g/mol. The van der Waals surface area contributed by atoms with Gasteiger partial charge >= 0.3 is 17.9 Å². The first kappa shape index (κ1) is 70.8. The van der Waals surface area contributed by atoms with E-state index in [1.165, 1.54) is 96.3 Å². The molecule has 1 atom stereocenters. The molecule has 0 saturated heterocycles. The Bertz CT molecular complexity index is 1570. The van der Waals surface area contributed by atoms with Gasteiger partial charge in [-0.3, -0.25) is 14.4 Å². The van der Waals surface area contributed by atoms with E-state index in [1.54, 1.807) is 0 Å². The fourth-order valence-corrected chi connectivity index (χ4v) is 8.31. The van der Waals surface area contributed by atoms with Crippen LogP contribution in [0.1, 0.15) is 278 Å². The summed E-state index contributed by atoms with van der Waals surface area (Å²) < 4.78 is 16.8. The zero-order valence-corrected chi connectivity index (χ0v) is 48.8. The van der Waals surface area contributed by atoms with Crippen LogP contribution in [0.15, 0.2) is 122 Å². The molecule has 0 bridgehead atoms. The molecule has 6 nitrogen and oxygen atoms in total. The standard InChI is InChI=1S/C69H114O6/c1-4-7-10-13-16-19-21-23-25-27-28-29-30-31-32-33-34-35-36-37-38-39-40-41-42-43-45-46-48-50-53-56-59-62-68(71)74-65-66(64-73-67(70)61-58-55-52-18-15-12-9-6-3)75-69(72)63-60-57-54-51-49-47-44-26-24-22-20-17-14-11-8-5-2/h7,10,16,19-20,22-23,25-26,28-29,31-32,34-35,37-38,40-41,44,66H,4-6,8-9,11-15,17-18,21,24,27,30,33,36,39,42-43,45-65H2,1-3H3/b10-7-,19-16-,22-20-,25-23-,29-28-,32-31-,35-34-,38-37-,41-40-,44-26-. The van der Waals surface area contributed by atoms with Crippen molar-refractivity contribution < 1.29 is 28.6 Å². The van der Waals surface area contributed by atoms with Gasteiger partial charge in [-0.05, 0) is 116 Å². The van der Waals surface area contributed by atoms with Crippen molar-refractivity contribution in [3.63, 3.8) is 0 Å². The van der Waals surface area contributed by atoms with Crippen molar-refractivity contribution in [2.45, 2.75) is 284 Å². The Kier molecular flexibility index (Phi) is 58.9. The van der Waals surface area contributed by atoms with Gasteiger partial charge in [-0.2, -0.15) is 0 Å². The molecule has 0 aromatic rings. The van der Waals surface area contributed by atoms with Gasteiger partial charge in [0.25, 0.3) is 0 Å². The minimum Gasteiger partial charge on any atom is -0.462 e. The number of carbonyl (C=O) groups is 3. The molecular formula is C69H114O6. The Morgan fingerprint density at radius 2 is 0.520 bits per heavy atom. The third-order valence-electron chi connectivity index (χ3n) is 13.0. The van der Waals surface area contributed by atoms with Crippen LogP contribution in [0.25, 0.3) is 0 Å². The van der Waals surface area contributed by atoms with E-state index in [4.69, 9.17) is 14.2 Å². The summed E-state index contributed by atoms with van der Waals surface area (Å²) in [5, 5.41) is 0. The fourth-order valence-electron chi connectivity index (χ4n) is 8.31. The second kappa shape index (κ2) is 62.4. The summed E-state index contributed by atoms with van der Waals surface area (Å²) in [6, 6.07) is 0. The molecule has 0 fully saturated rings. The van der Waals surface area contributed by atoms with Gasteiger partial charge in [0.15, 0.2) is 6.10 Å². The first-order valence-corrected chi connectivity index (χ1v) is 31.0. The molecule has 0 rings (SSSR count). The van der Waals surface area contributed by atoms with Crippen LogP contribution in [-0.2, 0) is 28.6 Å². The minimum absolute atomic E-state index is 0.0862. The number of esters is 3. The Balaban J connectivity index is 4.19. The molecule has 0 aliphatic heterocycles. The lowest BCUT2D eigenvalue weighted by Gasteiger charge is -2.18. The monoisotopic (exact) mass is 1040 g/mol. The highest BCUT2D eigenvalue weighted by Crippen LogP contribution is 2.15. The molecule has 0 aromatic heterocycles. The molecule has 0 radical (unpaired) electrons. The maximum atomic E-state index is 12.8. The number of carbonyl (C=O) groups excluding carboxylic acids is 3. The van der Waals surface area contributed by atoms with Crippen LogP contribution >= 0.6 is 0 Å². The van der Waals surface area contributed by atoms with E-state index in [0.29, 0.717) is 19.3 Å². The first-order chi connectivity index (χ1) is 37.0. The summed E-state index contributed by atoms with van der Waals surface area (Å²) >= 11 is 0. The highest BCUT2D eigenvalue weighted by Gasteiger charge is 2.19. The number of rotatable bonds is 55. The highest BCUT2D eigenvalue weighted by molar-refractivity contribution is 5.71. The van der Waals surface area contributed by atoms with E-state index >= 15 is 0 Å². The van der Waals surface area contributed by atoms with Crippen molar-refractivity contribution in [3.05, 3.63) is 122 Å². The Morgan fingerprint density at radius 3 is 0.827 bits per heavy atom. The van der Waals surface area contributed by atoms with Gasteiger partial charge in [0.05, 0.1) is 0 Å². The number of allylic oxidation sites excluding steroid dienone is 20. The number of hydrogen-bond acceptors (Lipinski definition) is 6. The fraction of sp³-hybridized carbons (Fsp3) is 0.667. The average Bonchev–Trinajstić information content (AvgIpc) is 3.41. The van der Waals surface area contributed by atoms with Crippen LogP contribution in [0.4, 0.5) is 0 Å². The summed E-state index contributed by atoms with van der Waals surface area (Å²) in [6.07, 6.45) is 86.4. The zero-order chi connectivity index (χ0) is 54.3. The van der Waals surface area contributed by atoms with Crippen molar-refractivity contribution in [1.82, 2.24) is 0 Å². The summed E-state index contributed by atoms with van der Waals surface area (Å²) in [7, 11) is 0. The van der Waals surface area contributed by atoms with Gasteiger partial charge in [-0.1, -0.05) is 264 Å². The maximum Gasteiger partial charge on any atom is 0.306 e. The van der Waals surface area contributed by atoms with Crippen molar-refractivity contribution >= 4 is 17.9 Å². The van der Waals surface area contributed by atoms with E-state index in [-0.39, 0.29) is 31.1 Å². The van der Waals surface area contributed by atoms with Crippen LogP contribution in [0.3, 0.4) is 0 Å². The van der Waals surface area contributed by atoms with Crippen LogP contribution in [0.5, 0.6) is 0 Å². The molecule has 0 aliphatic rings. The van der Waals surface area contributed by atoms with Crippen LogP contribution in [0.2, 0.25) is 0 Å².